The number of amides is 1. The Balaban J connectivity index is 1.86. The molecule has 0 aliphatic heterocycles. The van der Waals surface area contributed by atoms with Gasteiger partial charge in [0.1, 0.15) is 5.82 Å². The van der Waals surface area contributed by atoms with Crippen molar-refractivity contribution in [3.05, 3.63) is 26.7 Å². The van der Waals surface area contributed by atoms with Crippen LogP contribution in [0.2, 0.25) is 0 Å². The smallest absolute Gasteiger partial charge is 0.330 e. The third-order valence-electron chi connectivity index (χ3n) is 4.81. The molecule has 2 aromatic rings. The van der Waals surface area contributed by atoms with Crippen LogP contribution in [0.25, 0.3) is 0 Å². The summed E-state index contributed by atoms with van der Waals surface area (Å²) in [6.45, 7) is 4.40. The molecule has 0 unspecified atom stereocenters. The van der Waals surface area contributed by atoms with Gasteiger partial charge < -0.3 is 21.2 Å². The van der Waals surface area contributed by atoms with Gasteiger partial charge in [-0.3, -0.25) is 19.1 Å². The number of carbonyl (C=O) groups is 1. The number of nitrogen functional groups attached to an aromatic ring is 2. The number of nitrogens with zero attached hydrogens (tertiary/aromatic N) is 5. The molecule has 3 rings (SSSR count). The predicted molar refractivity (Wildman–Crippen MR) is 118 cm³/mol. The fourth-order valence-electron chi connectivity index (χ4n) is 3.14. The largest absolute Gasteiger partial charge is 0.383 e. The van der Waals surface area contributed by atoms with Gasteiger partial charge >= 0.3 is 5.69 Å². The quantitative estimate of drug-likeness (QED) is 0.325. The highest BCUT2D eigenvalue weighted by Gasteiger charge is 2.30. The zero-order valence-corrected chi connectivity index (χ0v) is 18.6. The average molecular weight is 453 g/mol. The van der Waals surface area contributed by atoms with Gasteiger partial charge in [-0.05, 0) is 18.8 Å². The van der Waals surface area contributed by atoms with Crippen molar-refractivity contribution in [2.24, 2.45) is 5.92 Å². The summed E-state index contributed by atoms with van der Waals surface area (Å²) in [5, 5.41) is 8.56. The van der Waals surface area contributed by atoms with E-state index in [2.05, 4.69) is 15.2 Å². The summed E-state index contributed by atoms with van der Waals surface area (Å²) in [5.41, 5.74) is 4.76. The Morgan fingerprint density at radius 3 is 2.68 bits per heavy atom. The van der Waals surface area contributed by atoms with Gasteiger partial charge in [0, 0.05) is 26.1 Å². The molecule has 0 saturated heterocycles. The average Bonchev–Trinajstić information content (AvgIpc) is 3.48. The Labute approximate surface area is 182 Å². The topological polar surface area (TPSA) is 167 Å². The number of aromatic amines is 1. The Morgan fingerprint density at radius 1 is 1.35 bits per heavy atom. The molecule has 1 aliphatic carbocycles. The molecule has 0 spiro atoms. The summed E-state index contributed by atoms with van der Waals surface area (Å²) in [6.07, 6.45) is 2.05. The number of hydrogen-bond donors (Lipinski definition) is 3. The molecular weight excluding hydrogens is 424 g/mol. The summed E-state index contributed by atoms with van der Waals surface area (Å²) in [4.78, 5) is 41.4. The van der Waals surface area contributed by atoms with E-state index in [1.807, 2.05) is 13.8 Å². The fourth-order valence-corrected chi connectivity index (χ4v) is 3.88. The molecule has 2 heterocycles. The molecule has 1 amide bonds. The zero-order chi connectivity index (χ0) is 22.7. The lowest BCUT2D eigenvalue weighted by molar-refractivity contribution is -0.116. The first-order valence-corrected chi connectivity index (χ1v) is 11.0. The van der Waals surface area contributed by atoms with E-state index < -0.39 is 17.2 Å². The summed E-state index contributed by atoms with van der Waals surface area (Å²) in [5.74, 6) is 6.66. The van der Waals surface area contributed by atoms with Gasteiger partial charge in [0.15, 0.2) is 11.5 Å². The first kappa shape index (κ1) is 22.9. The van der Waals surface area contributed by atoms with E-state index in [0.29, 0.717) is 23.4 Å². The Hall–Kier alpha value is -2.80. The number of anilines is 2. The van der Waals surface area contributed by atoms with E-state index in [0.717, 1.165) is 24.6 Å². The molecule has 0 bridgehead atoms. The maximum Gasteiger partial charge on any atom is 0.330 e. The van der Waals surface area contributed by atoms with Crippen molar-refractivity contribution in [1.82, 2.24) is 24.4 Å². The molecular formula is C18H28N8O4S. The van der Waals surface area contributed by atoms with Gasteiger partial charge in [0.25, 0.3) is 5.56 Å². The van der Waals surface area contributed by atoms with Crippen molar-refractivity contribution in [2.45, 2.75) is 44.3 Å². The number of methoxy groups -OCH3 is 1. The summed E-state index contributed by atoms with van der Waals surface area (Å²) < 4.78 is 7.76. The Kier molecular flexibility index (Phi) is 7.05. The number of hydrogen-bond acceptors (Lipinski definition) is 9. The molecule has 12 nitrogen and oxygen atoms in total. The summed E-state index contributed by atoms with van der Waals surface area (Å²) >= 11 is 1.12. The Bertz CT molecular complexity index is 1060. The first-order valence-electron chi connectivity index (χ1n) is 9.99. The van der Waals surface area contributed by atoms with Crippen molar-refractivity contribution in [3.8, 4) is 0 Å². The molecule has 2 aromatic heterocycles. The maximum atomic E-state index is 13.1. The predicted octanol–water partition coefficient (Wildman–Crippen LogP) is -0.271. The van der Waals surface area contributed by atoms with Gasteiger partial charge in [0.2, 0.25) is 11.1 Å². The lowest BCUT2D eigenvalue weighted by atomic mass is 10.2. The van der Waals surface area contributed by atoms with Crippen LogP contribution in [0.15, 0.2) is 14.7 Å². The standard InChI is InChI=1S/C18H28N8O4S/c1-10(2)8-25-14(19)13(16(28)21-17(25)29)24(6-7-30-3)12(27)9-31-18-23-22-15(26(18)20)11-4-5-11/h10-11H,4-9,19-20H2,1-3H3,(H,21,28,29). The molecule has 0 radical (unpaired) electrons. The second-order valence-electron chi connectivity index (χ2n) is 7.81. The number of rotatable bonds is 10. The maximum absolute atomic E-state index is 13.1. The van der Waals surface area contributed by atoms with Crippen LogP contribution in [-0.2, 0) is 16.1 Å². The van der Waals surface area contributed by atoms with Gasteiger partial charge in [-0.2, -0.15) is 0 Å². The van der Waals surface area contributed by atoms with Crippen LogP contribution >= 0.6 is 11.8 Å². The first-order chi connectivity index (χ1) is 14.7. The van der Waals surface area contributed by atoms with E-state index in [9.17, 15) is 14.4 Å². The number of nitrogens with one attached hydrogen (secondary N) is 1. The highest BCUT2D eigenvalue weighted by atomic mass is 32.2. The van der Waals surface area contributed by atoms with E-state index >= 15 is 0 Å². The molecule has 1 fully saturated rings. The van der Waals surface area contributed by atoms with Crippen molar-refractivity contribution in [2.75, 3.05) is 42.5 Å². The minimum absolute atomic E-state index is 0.0497. The van der Waals surface area contributed by atoms with Gasteiger partial charge in [0.05, 0.1) is 12.4 Å². The van der Waals surface area contributed by atoms with Crippen molar-refractivity contribution in [1.29, 1.82) is 0 Å². The highest BCUT2D eigenvalue weighted by Crippen LogP contribution is 2.39. The highest BCUT2D eigenvalue weighted by molar-refractivity contribution is 7.99. The fraction of sp³-hybridized carbons (Fsp3) is 0.611. The number of aromatic nitrogens is 5. The van der Waals surface area contributed by atoms with Gasteiger partial charge in [-0.1, -0.05) is 25.6 Å². The van der Waals surface area contributed by atoms with Crippen LogP contribution in [0.3, 0.4) is 0 Å². The molecule has 1 aliphatic rings. The molecule has 5 N–H and O–H groups in total. The van der Waals surface area contributed by atoms with Gasteiger partial charge in [-0.25, -0.2) is 9.47 Å². The number of H-pyrrole nitrogens is 1. The molecule has 13 heteroatoms. The molecule has 0 atom stereocenters. The second kappa shape index (κ2) is 9.56. The van der Waals surface area contributed by atoms with E-state index in [1.165, 1.54) is 21.3 Å². The number of ether oxygens (including phenoxy) is 1. The van der Waals surface area contributed by atoms with Gasteiger partial charge in [-0.15, -0.1) is 10.2 Å². The summed E-state index contributed by atoms with van der Waals surface area (Å²) in [7, 11) is 1.49. The van der Waals surface area contributed by atoms with Crippen LogP contribution in [0.1, 0.15) is 38.4 Å². The number of nitrogens with two attached hydrogens (primary N) is 2. The minimum Gasteiger partial charge on any atom is -0.383 e. The lowest BCUT2D eigenvalue weighted by Crippen LogP contribution is -2.43. The zero-order valence-electron chi connectivity index (χ0n) is 17.8. The van der Waals surface area contributed by atoms with Crippen LogP contribution in [0.4, 0.5) is 11.5 Å². The molecule has 1 saturated carbocycles. The monoisotopic (exact) mass is 452 g/mol. The number of carbonyl (C=O) groups excluding carboxylic acids is 1. The van der Waals surface area contributed by atoms with Crippen LogP contribution < -0.4 is 27.7 Å². The molecule has 0 aromatic carbocycles. The van der Waals surface area contributed by atoms with Crippen LogP contribution in [0.5, 0.6) is 0 Å². The molecule has 31 heavy (non-hydrogen) atoms. The Morgan fingerprint density at radius 2 is 2.06 bits per heavy atom. The summed E-state index contributed by atoms with van der Waals surface area (Å²) in [6, 6.07) is 0. The third-order valence-corrected chi connectivity index (χ3v) is 5.74. The van der Waals surface area contributed by atoms with E-state index in [-0.39, 0.29) is 36.3 Å². The third kappa shape index (κ3) is 5.10. The van der Waals surface area contributed by atoms with Crippen LogP contribution in [-0.4, -0.2) is 56.3 Å². The number of thioether (sulfide) groups is 1. The SMILES string of the molecule is COCCN(C(=O)CSc1nnc(C2CC2)n1N)c1c(N)n(CC(C)C)c(=O)[nH]c1=O. The van der Waals surface area contributed by atoms with E-state index in [1.54, 1.807) is 0 Å². The van der Waals surface area contributed by atoms with Crippen LogP contribution in [0, 0.1) is 5.92 Å². The van der Waals surface area contributed by atoms with E-state index in [4.69, 9.17) is 16.3 Å². The van der Waals surface area contributed by atoms with Crippen molar-refractivity contribution in [3.63, 3.8) is 0 Å². The normalized spacial score (nSPS) is 13.7. The second-order valence-corrected chi connectivity index (χ2v) is 8.75. The minimum atomic E-state index is -0.727. The van der Waals surface area contributed by atoms with Crippen molar-refractivity contribution < 1.29 is 9.53 Å². The molecule has 170 valence electrons. The van der Waals surface area contributed by atoms with Crippen molar-refractivity contribution >= 4 is 29.2 Å². The lowest BCUT2D eigenvalue weighted by Gasteiger charge is -2.24.